The van der Waals surface area contributed by atoms with Crippen LogP contribution in [0, 0.1) is 0 Å². The number of likely N-dealkylation sites (N-methyl/N-ethyl adjacent to an activating group) is 1. The lowest BCUT2D eigenvalue weighted by Gasteiger charge is -2.45. The SMILES string of the molecule is CN1OC(=O)C[C@@]12[C@@H](CO[Si](C)(C)C(C)(C)C)O[C@@H](n1ccc(=O)[nH]c1=O)[C@@H]2O[Si](C)(C)C(C)(C)C. The number of aromatic nitrogens is 2. The molecule has 1 N–H and O–H groups in total. The van der Waals surface area contributed by atoms with Crippen LogP contribution in [0.3, 0.4) is 0 Å². The number of H-pyrrole nitrogens is 1. The summed E-state index contributed by atoms with van der Waals surface area (Å²) >= 11 is 0. The lowest BCUT2D eigenvalue weighted by Crippen LogP contribution is -2.61. The first-order valence-electron chi connectivity index (χ1n) is 12.5. The predicted molar refractivity (Wildman–Crippen MR) is 142 cm³/mol. The smallest absolute Gasteiger partial charge is 0.330 e. The molecule has 3 heterocycles. The molecule has 2 saturated heterocycles. The van der Waals surface area contributed by atoms with Gasteiger partial charge in [-0.15, -0.1) is 5.06 Å². The zero-order valence-electron chi connectivity index (χ0n) is 23.6. The Balaban J connectivity index is 2.15. The highest BCUT2D eigenvalue weighted by Gasteiger charge is 2.67. The standard InChI is InChI=1S/C24H43N3O7Si2/c1-22(2,3)35(8,9)31-15-16-24(14-18(29)33-26(24)7)19(34-36(10,11)23(4,5)6)20(32-16)27-13-12-17(28)25-21(27)30/h12-13,16,19-20H,14-15H2,1-11H3,(H,25,28,30)/t16-,19+,20-,24+/m1/s1. The van der Waals surface area contributed by atoms with E-state index >= 15 is 0 Å². The molecule has 1 aromatic rings. The van der Waals surface area contributed by atoms with Crippen LogP contribution in [0.1, 0.15) is 54.2 Å². The van der Waals surface area contributed by atoms with Gasteiger partial charge in [0.05, 0.1) is 13.0 Å². The Labute approximate surface area is 215 Å². The van der Waals surface area contributed by atoms with Gasteiger partial charge in [-0.05, 0) is 36.3 Å². The first-order valence-corrected chi connectivity index (χ1v) is 18.3. The molecule has 0 bridgehead atoms. The van der Waals surface area contributed by atoms with Gasteiger partial charge in [0, 0.05) is 19.3 Å². The molecule has 0 amide bonds. The summed E-state index contributed by atoms with van der Waals surface area (Å²) < 4.78 is 21.4. The first-order chi connectivity index (χ1) is 16.2. The van der Waals surface area contributed by atoms with Crippen molar-refractivity contribution in [2.24, 2.45) is 0 Å². The van der Waals surface area contributed by atoms with Crippen LogP contribution >= 0.6 is 0 Å². The van der Waals surface area contributed by atoms with Crippen molar-refractivity contribution < 1.29 is 23.2 Å². The number of carbonyl (C=O) groups excluding carboxylic acids is 1. The van der Waals surface area contributed by atoms with Crippen molar-refractivity contribution in [1.82, 2.24) is 14.6 Å². The molecule has 10 nitrogen and oxygen atoms in total. The van der Waals surface area contributed by atoms with Crippen molar-refractivity contribution in [3.63, 3.8) is 0 Å². The summed E-state index contributed by atoms with van der Waals surface area (Å²) in [5.41, 5.74) is -2.12. The fraction of sp³-hybridized carbons (Fsp3) is 0.792. The molecule has 0 aliphatic carbocycles. The monoisotopic (exact) mass is 541 g/mol. The van der Waals surface area contributed by atoms with Gasteiger partial charge in [-0.2, -0.15) is 0 Å². The highest BCUT2D eigenvalue weighted by Crippen LogP contribution is 2.51. The van der Waals surface area contributed by atoms with Crippen LogP contribution < -0.4 is 11.2 Å². The van der Waals surface area contributed by atoms with E-state index in [1.807, 2.05) is 0 Å². The van der Waals surface area contributed by atoms with Crippen molar-refractivity contribution >= 4 is 22.6 Å². The van der Waals surface area contributed by atoms with Crippen molar-refractivity contribution in [3.05, 3.63) is 33.1 Å². The Morgan fingerprint density at radius 2 is 1.64 bits per heavy atom. The van der Waals surface area contributed by atoms with Crippen molar-refractivity contribution in [2.45, 2.75) is 108 Å². The van der Waals surface area contributed by atoms with Crippen molar-refractivity contribution in [1.29, 1.82) is 0 Å². The molecule has 0 saturated carbocycles. The van der Waals surface area contributed by atoms with Crippen molar-refractivity contribution in [3.8, 4) is 0 Å². The second-order valence-corrected chi connectivity index (χ2v) is 22.6. The number of hydroxylamine groups is 2. The third-order valence-corrected chi connectivity index (χ3v) is 17.6. The molecule has 0 aromatic carbocycles. The molecule has 204 valence electrons. The van der Waals surface area contributed by atoms with E-state index in [0.717, 1.165) is 0 Å². The van der Waals surface area contributed by atoms with Gasteiger partial charge in [-0.3, -0.25) is 19.1 Å². The lowest BCUT2D eigenvalue weighted by molar-refractivity contribution is -0.190. The van der Waals surface area contributed by atoms with Crippen LogP contribution in [0.15, 0.2) is 21.9 Å². The summed E-state index contributed by atoms with van der Waals surface area (Å²) in [5.74, 6) is -0.392. The van der Waals surface area contributed by atoms with Gasteiger partial charge in [-0.1, -0.05) is 41.5 Å². The van der Waals surface area contributed by atoms with Gasteiger partial charge in [0.25, 0.3) is 5.56 Å². The first kappa shape index (κ1) is 29.0. The van der Waals surface area contributed by atoms with Gasteiger partial charge in [-0.25, -0.2) is 4.79 Å². The molecule has 2 aliphatic heterocycles. The van der Waals surface area contributed by atoms with Crippen LogP contribution in [-0.4, -0.2) is 68.6 Å². The molecule has 1 aromatic heterocycles. The molecule has 0 unspecified atom stereocenters. The minimum Gasteiger partial charge on any atom is -0.414 e. The van der Waals surface area contributed by atoms with E-state index in [1.54, 1.807) is 7.05 Å². The van der Waals surface area contributed by atoms with Gasteiger partial charge in [0.1, 0.15) is 17.7 Å². The maximum Gasteiger partial charge on any atom is 0.330 e. The van der Waals surface area contributed by atoms with Crippen LogP contribution in [0.5, 0.6) is 0 Å². The third kappa shape index (κ3) is 5.08. The van der Waals surface area contributed by atoms with Crippen molar-refractivity contribution in [2.75, 3.05) is 13.7 Å². The topological polar surface area (TPSA) is 112 Å². The normalized spacial score (nSPS) is 28.2. The quantitative estimate of drug-likeness (QED) is 0.546. The van der Waals surface area contributed by atoms with E-state index < -0.39 is 57.8 Å². The van der Waals surface area contributed by atoms with E-state index in [0.29, 0.717) is 0 Å². The lowest BCUT2D eigenvalue weighted by atomic mass is 9.85. The minimum absolute atomic E-state index is 0.0288. The summed E-state index contributed by atoms with van der Waals surface area (Å²) in [4.78, 5) is 45.2. The molecular weight excluding hydrogens is 498 g/mol. The average Bonchev–Trinajstić information content (AvgIpc) is 3.15. The highest BCUT2D eigenvalue weighted by atomic mass is 28.4. The van der Waals surface area contributed by atoms with E-state index in [1.165, 1.54) is 21.9 Å². The Hall–Kier alpha value is -1.58. The molecular formula is C24H43N3O7Si2. The summed E-state index contributed by atoms with van der Waals surface area (Å²) in [6.45, 7) is 21.6. The summed E-state index contributed by atoms with van der Waals surface area (Å²) in [5, 5.41) is 1.36. The summed E-state index contributed by atoms with van der Waals surface area (Å²) in [6.07, 6.45) is -0.805. The summed E-state index contributed by atoms with van der Waals surface area (Å²) in [6, 6.07) is 1.28. The molecule has 3 rings (SSSR count). The van der Waals surface area contributed by atoms with Gasteiger partial charge < -0.3 is 18.4 Å². The Morgan fingerprint density at radius 1 is 1.06 bits per heavy atom. The van der Waals surface area contributed by atoms with Crippen LogP contribution in [-0.2, 0) is 23.2 Å². The second-order valence-electron chi connectivity index (χ2n) is 13.0. The zero-order valence-corrected chi connectivity index (χ0v) is 25.6. The maximum absolute atomic E-state index is 12.9. The highest BCUT2D eigenvalue weighted by molar-refractivity contribution is 6.74. The molecule has 0 radical (unpaired) electrons. The third-order valence-electron chi connectivity index (χ3n) is 8.62. The maximum atomic E-state index is 12.9. The van der Waals surface area contributed by atoms with E-state index in [-0.39, 0.29) is 23.1 Å². The molecule has 2 fully saturated rings. The van der Waals surface area contributed by atoms with E-state index in [2.05, 4.69) is 72.7 Å². The number of nitrogens with one attached hydrogen (secondary N) is 1. The Kier molecular flexibility index (Phi) is 7.50. The largest absolute Gasteiger partial charge is 0.414 e. The molecule has 2 aliphatic rings. The number of rotatable bonds is 6. The number of aromatic amines is 1. The number of carbonyl (C=O) groups is 1. The summed E-state index contributed by atoms with van der Waals surface area (Å²) in [7, 11) is -2.90. The minimum atomic E-state index is -2.43. The average molecular weight is 542 g/mol. The van der Waals surface area contributed by atoms with Gasteiger partial charge >= 0.3 is 11.7 Å². The number of hydrogen-bond acceptors (Lipinski definition) is 8. The fourth-order valence-corrected chi connectivity index (χ4v) is 6.48. The Morgan fingerprint density at radius 3 is 2.11 bits per heavy atom. The van der Waals surface area contributed by atoms with Gasteiger partial charge in [0.15, 0.2) is 22.9 Å². The van der Waals surface area contributed by atoms with E-state index in [4.69, 9.17) is 18.4 Å². The number of hydrogen-bond donors (Lipinski definition) is 1. The predicted octanol–water partition coefficient (Wildman–Crippen LogP) is 3.38. The van der Waals surface area contributed by atoms with Crippen LogP contribution in [0.2, 0.25) is 36.3 Å². The molecule has 1 spiro atoms. The van der Waals surface area contributed by atoms with Crippen LogP contribution in [0.25, 0.3) is 0 Å². The molecule has 36 heavy (non-hydrogen) atoms. The molecule has 4 atom stereocenters. The van der Waals surface area contributed by atoms with Gasteiger partial charge in [0.2, 0.25) is 0 Å². The van der Waals surface area contributed by atoms with Crippen LogP contribution in [0.4, 0.5) is 0 Å². The zero-order chi connectivity index (χ0) is 27.5. The molecule has 12 heteroatoms. The van der Waals surface area contributed by atoms with E-state index in [9.17, 15) is 14.4 Å². The second kappa shape index (κ2) is 9.31. The number of ether oxygens (including phenoxy) is 1. The fourth-order valence-electron chi connectivity index (χ4n) is 4.17. The Bertz CT molecular complexity index is 1100. The number of nitrogens with zero attached hydrogens (tertiary/aromatic N) is 2.